The Morgan fingerprint density at radius 2 is 1.17 bits per heavy atom. The highest BCUT2D eigenvalue weighted by molar-refractivity contribution is 6.28. The first-order chi connectivity index (χ1) is 32.2. The van der Waals surface area contributed by atoms with Crippen molar-refractivity contribution in [1.82, 2.24) is 35.1 Å². The van der Waals surface area contributed by atoms with Crippen LogP contribution in [0.5, 0.6) is 23.0 Å². The summed E-state index contributed by atoms with van der Waals surface area (Å²) in [7, 11) is -11.3. The molecule has 20 heteroatoms. The second-order valence-corrected chi connectivity index (χ2v) is 13.6. The number of aromatic nitrogens is 4. The highest BCUT2D eigenvalue weighted by Crippen LogP contribution is 2.35. The molecule has 2 aromatic carbocycles. The number of fused-ring (bicyclic) bond motifs is 2. The number of nitrogens with two attached hydrogens (primary N) is 2. The standard InChI is InChI=1S/C19H25N5O4.C10H10ClN3O2.C9H16N2O2.ClH/c1-26-15-10-12-13(11-16(15)27-2)21-19(22-17(12)20)24-7-5-23(6-8-24)18(25)14-4-3-9-28-14;1-15-7-3-5-6(4-8(7)16-2)13-10(11)14-9(5)12;12-9(8-2-1-7-13-8)11-5-3-10-4-6-11;/h10-11,14H,3-9H2,1-2H3,(H2,20,21,22);3-4H,1-2H3,(H2,12,13,14);8,10H,1-7H2;1H/i2*1D3,2D3;;. The summed E-state index contributed by atoms with van der Waals surface area (Å²) in [4.78, 5) is 46.3. The first kappa shape index (κ1) is 30.2. The molecule has 2 amide bonds. The lowest BCUT2D eigenvalue weighted by molar-refractivity contribution is -0.142. The molecule has 4 aliphatic heterocycles. The number of nitrogen functional groups attached to an aromatic ring is 2. The number of nitrogens with one attached hydrogen (secondary N) is 1. The first-order valence-corrected chi connectivity index (χ1v) is 18.5. The van der Waals surface area contributed by atoms with Gasteiger partial charge in [-0.2, -0.15) is 4.98 Å². The van der Waals surface area contributed by atoms with E-state index in [0.717, 1.165) is 58.5 Å². The van der Waals surface area contributed by atoms with Crippen molar-refractivity contribution in [3.63, 3.8) is 0 Å². The number of amides is 2. The fourth-order valence-corrected chi connectivity index (χ4v) is 6.89. The predicted octanol–water partition coefficient (Wildman–Crippen LogP) is 2.96. The summed E-state index contributed by atoms with van der Waals surface area (Å²) in [6, 6.07) is 4.88. The van der Waals surface area contributed by atoms with Crippen molar-refractivity contribution < 1.29 is 54.5 Å². The number of benzene rings is 2. The van der Waals surface area contributed by atoms with Gasteiger partial charge in [0.25, 0.3) is 11.8 Å². The molecular weight excluding hydrogens is 795 g/mol. The fraction of sp³-hybridized carbons (Fsp3) is 0.526. The van der Waals surface area contributed by atoms with Gasteiger partial charge in [-0.05, 0) is 49.4 Å². The topological polar surface area (TPSA) is 215 Å². The second kappa shape index (κ2) is 20.7. The summed E-state index contributed by atoms with van der Waals surface area (Å²) >= 11 is 5.68. The minimum absolute atomic E-state index is 0. The zero-order valence-corrected chi connectivity index (χ0v) is 32.8. The Kier molecular flexibility index (Phi) is 10.8. The first-order valence-electron chi connectivity index (χ1n) is 24.1. The van der Waals surface area contributed by atoms with Crippen LogP contribution in [0.4, 0.5) is 17.6 Å². The van der Waals surface area contributed by atoms with E-state index < -0.39 is 28.2 Å². The van der Waals surface area contributed by atoms with Crippen molar-refractivity contribution in [3.05, 3.63) is 29.5 Å². The number of anilines is 3. The van der Waals surface area contributed by atoms with Crippen LogP contribution in [-0.4, -0.2) is 147 Å². The number of piperazine rings is 2. The average Bonchev–Trinajstić information content (AvgIpc) is 3.99. The maximum Gasteiger partial charge on any atom is 0.251 e. The van der Waals surface area contributed by atoms with Crippen LogP contribution in [-0.2, 0) is 19.1 Å². The maximum absolute atomic E-state index is 12.6. The van der Waals surface area contributed by atoms with Gasteiger partial charge in [0, 0.05) is 88.5 Å². The molecule has 0 spiro atoms. The van der Waals surface area contributed by atoms with E-state index >= 15 is 0 Å². The van der Waals surface area contributed by atoms with E-state index in [-0.39, 0.29) is 98.2 Å². The minimum Gasteiger partial charge on any atom is -0.493 e. The number of carbonyl (C=O) groups excluding carboxylic acids is 2. The molecule has 6 heterocycles. The van der Waals surface area contributed by atoms with Crippen molar-refractivity contribution in [2.45, 2.75) is 37.9 Å². The smallest absolute Gasteiger partial charge is 0.251 e. The van der Waals surface area contributed by atoms with Crippen LogP contribution in [0.25, 0.3) is 21.8 Å². The molecule has 4 aliphatic rings. The molecule has 4 aromatic rings. The Morgan fingerprint density at radius 3 is 1.66 bits per heavy atom. The van der Waals surface area contributed by atoms with Gasteiger partial charge in [-0.3, -0.25) is 9.59 Å². The Balaban J connectivity index is 0.000000216. The van der Waals surface area contributed by atoms with Crippen molar-refractivity contribution in [2.75, 3.05) is 110 Å². The van der Waals surface area contributed by atoms with Crippen LogP contribution in [0, 0.1) is 0 Å². The van der Waals surface area contributed by atoms with Crippen LogP contribution in [0.1, 0.15) is 42.1 Å². The van der Waals surface area contributed by atoms with Gasteiger partial charge in [0.2, 0.25) is 11.2 Å². The van der Waals surface area contributed by atoms with Crippen molar-refractivity contribution in [2.24, 2.45) is 0 Å². The van der Waals surface area contributed by atoms with Gasteiger partial charge in [-0.15, -0.1) is 12.4 Å². The highest BCUT2D eigenvalue weighted by atomic mass is 35.5. The fourth-order valence-electron chi connectivity index (χ4n) is 6.70. The van der Waals surface area contributed by atoms with Gasteiger partial charge >= 0.3 is 0 Å². The SMILES string of the molecule is Cl.O=C(C1CCCO1)N1CCNCC1.[2H]C([2H])([2H])Oc1cc2nc(Cl)nc(N)c2cc1OC([2H])([2H])[2H].[2H]C([2H])([2H])Oc1cc2nc(N3CCN(C(=O)C4CCCO4)CC3)nc(N)c2cc1OC([2H])([2H])[2H]. The molecule has 58 heavy (non-hydrogen) atoms. The Bertz CT molecular complexity index is 2450. The van der Waals surface area contributed by atoms with Gasteiger partial charge in [0.1, 0.15) is 23.8 Å². The molecule has 8 rings (SSSR count). The Morgan fingerprint density at radius 1 is 0.707 bits per heavy atom. The number of hydrogen-bond donors (Lipinski definition) is 3. The maximum atomic E-state index is 12.6. The van der Waals surface area contributed by atoms with Crippen LogP contribution in [0.15, 0.2) is 24.3 Å². The molecule has 0 aliphatic carbocycles. The van der Waals surface area contributed by atoms with E-state index in [1.807, 2.05) is 9.80 Å². The van der Waals surface area contributed by atoms with Crippen molar-refractivity contribution >= 4 is 75.2 Å². The third-order valence-electron chi connectivity index (χ3n) is 9.70. The lowest BCUT2D eigenvalue weighted by Gasteiger charge is -2.35. The third-order valence-corrected chi connectivity index (χ3v) is 9.86. The lowest BCUT2D eigenvalue weighted by Crippen LogP contribution is -2.51. The van der Waals surface area contributed by atoms with E-state index in [2.05, 4.69) is 25.3 Å². The van der Waals surface area contributed by atoms with Gasteiger partial charge < -0.3 is 59.9 Å². The molecule has 18 nitrogen and oxygen atoms in total. The third kappa shape index (κ3) is 10.4. The summed E-state index contributed by atoms with van der Waals surface area (Å²) in [5.41, 5.74) is 12.3. The molecule has 0 saturated carbocycles. The zero-order valence-electron chi connectivity index (χ0n) is 43.2. The van der Waals surface area contributed by atoms with Crippen LogP contribution in [0.2, 0.25) is 5.28 Å². The van der Waals surface area contributed by atoms with E-state index in [1.165, 1.54) is 24.3 Å². The number of rotatable bonds is 7. The average molecular weight is 860 g/mol. The van der Waals surface area contributed by atoms with Gasteiger partial charge in [0.05, 0.1) is 55.6 Å². The van der Waals surface area contributed by atoms with Crippen LogP contribution >= 0.6 is 24.0 Å². The highest BCUT2D eigenvalue weighted by Gasteiger charge is 2.31. The number of hydrogen-bond acceptors (Lipinski definition) is 16. The van der Waals surface area contributed by atoms with E-state index in [4.69, 9.17) is 67.9 Å². The lowest BCUT2D eigenvalue weighted by atomic mass is 10.2. The minimum atomic E-state index is -2.84. The molecule has 2 aromatic heterocycles. The predicted molar refractivity (Wildman–Crippen MR) is 223 cm³/mol. The summed E-state index contributed by atoms with van der Waals surface area (Å²) in [5, 5.41) is 3.62. The van der Waals surface area contributed by atoms with E-state index in [0.29, 0.717) is 38.7 Å². The molecule has 4 fully saturated rings. The number of methoxy groups -OCH3 is 4. The zero-order chi connectivity index (χ0) is 50.5. The molecule has 2 atom stereocenters. The van der Waals surface area contributed by atoms with E-state index in [1.54, 1.807) is 4.90 Å². The number of carbonyl (C=O) groups is 2. The van der Waals surface area contributed by atoms with Gasteiger partial charge in [-0.1, -0.05) is 0 Å². The molecule has 2 unspecified atom stereocenters. The van der Waals surface area contributed by atoms with Crippen LogP contribution < -0.4 is 40.6 Å². The summed E-state index contributed by atoms with van der Waals surface area (Å²) in [5.74, 6) is -0.715. The van der Waals surface area contributed by atoms with Crippen molar-refractivity contribution in [3.8, 4) is 23.0 Å². The Hall–Kier alpha value is -4.88. The molecule has 316 valence electrons. The number of ether oxygens (including phenoxy) is 6. The van der Waals surface area contributed by atoms with Crippen LogP contribution in [0.3, 0.4) is 0 Å². The molecule has 5 N–H and O–H groups in total. The van der Waals surface area contributed by atoms with E-state index in [9.17, 15) is 9.59 Å². The number of nitrogens with zero attached hydrogens (tertiary/aromatic N) is 7. The molecule has 0 radical (unpaired) electrons. The van der Waals surface area contributed by atoms with Crippen molar-refractivity contribution in [1.29, 1.82) is 0 Å². The summed E-state index contributed by atoms with van der Waals surface area (Å²) in [6.45, 7) is 6.74. The summed E-state index contributed by atoms with van der Waals surface area (Å²) < 4.78 is 117. The number of halogens is 2. The van der Waals surface area contributed by atoms with Gasteiger partial charge in [-0.25, -0.2) is 15.0 Å². The summed E-state index contributed by atoms with van der Waals surface area (Å²) in [6.07, 6.45) is 3.04. The second-order valence-electron chi connectivity index (χ2n) is 13.2. The molecule has 0 bridgehead atoms. The monoisotopic (exact) mass is 858 g/mol. The van der Waals surface area contributed by atoms with Gasteiger partial charge in [0.15, 0.2) is 23.0 Å². The Labute approximate surface area is 365 Å². The normalized spacial score (nSPS) is 22.9. The largest absolute Gasteiger partial charge is 0.493 e. The molecular formula is C38H52Cl2N10O8. The quantitative estimate of drug-likeness (QED) is 0.228. The molecule has 4 saturated heterocycles.